The highest BCUT2D eigenvalue weighted by molar-refractivity contribution is 9.08. The lowest BCUT2D eigenvalue weighted by Crippen LogP contribution is -2.05. The molecule has 0 bridgehead atoms. The van der Waals surface area contributed by atoms with Crippen LogP contribution in [0, 0.1) is 0 Å². The minimum atomic E-state index is -4.25. The van der Waals surface area contributed by atoms with Crippen molar-refractivity contribution in [1.29, 1.82) is 0 Å². The Hall–Kier alpha value is -0.550. The summed E-state index contributed by atoms with van der Waals surface area (Å²) in [6.07, 6.45) is -4.25. The van der Waals surface area contributed by atoms with Crippen molar-refractivity contribution in [3.05, 3.63) is 35.4 Å². The number of rotatable bonds is 2. The van der Waals surface area contributed by atoms with Gasteiger partial charge in [-0.25, -0.2) is 0 Å². The highest BCUT2D eigenvalue weighted by Crippen LogP contribution is 2.28. The van der Waals surface area contributed by atoms with Gasteiger partial charge in [0.25, 0.3) is 0 Å². The van der Waals surface area contributed by atoms with Crippen LogP contribution in [-0.4, -0.2) is 0 Å². The van der Waals surface area contributed by atoms with E-state index in [1.807, 2.05) is 0 Å². The first-order valence-corrected chi connectivity index (χ1v) is 4.33. The van der Waals surface area contributed by atoms with Crippen molar-refractivity contribution in [2.45, 2.75) is 12.7 Å². The molecule has 5 heteroatoms. The summed E-state index contributed by atoms with van der Waals surface area (Å²) in [6.45, 7) is 0.498. The Kier molecular flexibility index (Phi) is 3.33. The van der Waals surface area contributed by atoms with E-state index in [0.29, 0.717) is 6.54 Å². The zero-order valence-electron chi connectivity index (χ0n) is 6.53. The summed E-state index contributed by atoms with van der Waals surface area (Å²) in [4.78, 5) is 0. The van der Waals surface area contributed by atoms with Gasteiger partial charge in [-0.2, -0.15) is 13.2 Å². The van der Waals surface area contributed by atoms with Gasteiger partial charge in [-0.05, 0) is 17.7 Å². The molecule has 0 aromatic heterocycles. The molecule has 1 aromatic rings. The Labute approximate surface area is 82.3 Å². The fourth-order valence-corrected chi connectivity index (χ4v) is 1.21. The third kappa shape index (κ3) is 3.00. The average molecular weight is 254 g/mol. The predicted molar refractivity (Wildman–Crippen MR) is 47.2 cm³/mol. The second-order valence-corrected chi connectivity index (χ2v) is 3.07. The second kappa shape index (κ2) is 4.11. The molecule has 72 valence electrons. The van der Waals surface area contributed by atoms with Crippen LogP contribution < -0.4 is 4.34 Å². The van der Waals surface area contributed by atoms with Crippen molar-refractivity contribution >= 4 is 16.1 Å². The lowest BCUT2D eigenvalue weighted by molar-refractivity contribution is -0.137. The van der Waals surface area contributed by atoms with E-state index >= 15 is 0 Å². The van der Waals surface area contributed by atoms with Crippen LogP contribution in [0.2, 0.25) is 0 Å². The predicted octanol–water partition coefficient (Wildman–Crippen LogP) is 3.10. The first-order valence-electron chi connectivity index (χ1n) is 3.53. The van der Waals surface area contributed by atoms with Crippen molar-refractivity contribution in [3.8, 4) is 0 Å². The lowest BCUT2D eigenvalue weighted by Gasteiger charge is -2.06. The van der Waals surface area contributed by atoms with Gasteiger partial charge in [-0.3, -0.25) is 4.34 Å². The highest BCUT2D eigenvalue weighted by atomic mass is 79.9. The summed E-state index contributed by atoms with van der Waals surface area (Å²) >= 11 is 2.97. The largest absolute Gasteiger partial charge is 0.416 e. The smallest absolute Gasteiger partial charge is 0.251 e. The molecule has 0 atom stereocenters. The van der Waals surface area contributed by atoms with Gasteiger partial charge in [0, 0.05) is 22.7 Å². The standard InChI is InChI=1S/C8H7BrF3N/c9-13-5-6-1-3-7(4-2-6)8(10,11)12/h1-4,13H,5H2. The van der Waals surface area contributed by atoms with E-state index in [9.17, 15) is 13.2 Å². The van der Waals surface area contributed by atoms with Crippen molar-refractivity contribution < 1.29 is 13.2 Å². The quantitative estimate of drug-likeness (QED) is 0.799. The average Bonchev–Trinajstić information content (AvgIpc) is 2.04. The topological polar surface area (TPSA) is 12.0 Å². The maximum absolute atomic E-state index is 12.1. The number of hydrogen-bond donors (Lipinski definition) is 1. The minimum absolute atomic E-state index is 0.498. The van der Waals surface area contributed by atoms with Crippen molar-refractivity contribution in [2.75, 3.05) is 0 Å². The number of alkyl halides is 3. The van der Waals surface area contributed by atoms with Crippen LogP contribution in [0.1, 0.15) is 11.1 Å². The molecule has 0 unspecified atom stereocenters. The third-order valence-corrected chi connectivity index (χ3v) is 1.83. The molecule has 1 N–H and O–H groups in total. The van der Waals surface area contributed by atoms with E-state index in [0.717, 1.165) is 17.7 Å². The van der Waals surface area contributed by atoms with Gasteiger partial charge in [0.15, 0.2) is 0 Å². The van der Waals surface area contributed by atoms with Gasteiger partial charge in [-0.1, -0.05) is 12.1 Å². The van der Waals surface area contributed by atoms with Crippen LogP contribution in [0.5, 0.6) is 0 Å². The van der Waals surface area contributed by atoms with E-state index in [1.165, 1.54) is 12.1 Å². The zero-order chi connectivity index (χ0) is 9.90. The zero-order valence-corrected chi connectivity index (χ0v) is 8.11. The summed E-state index contributed by atoms with van der Waals surface area (Å²) in [6, 6.07) is 5.02. The Morgan fingerprint density at radius 3 is 2.08 bits per heavy atom. The number of benzene rings is 1. The molecule has 0 amide bonds. The molecular formula is C8H7BrF3N. The van der Waals surface area contributed by atoms with Crippen LogP contribution in [0.4, 0.5) is 13.2 Å². The van der Waals surface area contributed by atoms with E-state index in [4.69, 9.17) is 0 Å². The molecular weight excluding hydrogens is 247 g/mol. The van der Waals surface area contributed by atoms with Crippen LogP contribution in [0.15, 0.2) is 24.3 Å². The molecule has 1 rings (SSSR count). The number of nitrogens with one attached hydrogen (secondary N) is 1. The summed E-state index contributed by atoms with van der Waals surface area (Å²) < 4.78 is 38.9. The Morgan fingerprint density at radius 2 is 1.69 bits per heavy atom. The monoisotopic (exact) mass is 253 g/mol. The van der Waals surface area contributed by atoms with E-state index < -0.39 is 11.7 Å². The SMILES string of the molecule is FC(F)(F)c1ccc(CNBr)cc1. The fourth-order valence-electron chi connectivity index (χ4n) is 0.889. The number of hydrogen-bond acceptors (Lipinski definition) is 1. The Bertz CT molecular complexity index is 268. The lowest BCUT2D eigenvalue weighted by atomic mass is 10.1. The molecule has 0 radical (unpaired) electrons. The first kappa shape index (κ1) is 10.5. The molecule has 0 fully saturated rings. The van der Waals surface area contributed by atoms with E-state index in [1.54, 1.807) is 0 Å². The van der Waals surface area contributed by atoms with E-state index in [-0.39, 0.29) is 0 Å². The summed E-state index contributed by atoms with van der Waals surface area (Å²) in [5.41, 5.74) is 0.177. The molecule has 1 aromatic carbocycles. The van der Waals surface area contributed by atoms with Gasteiger partial charge in [0.2, 0.25) is 0 Å². The first-order chi connectivity index (χ1) is 6.04. The minimum Gasteiger partial charge on any atom is -0.251 e. The molecule has 0 saturated carbocycles. The Morgan fingerprint density at radius 1 is 1.15 bits per heavy atom. The maximum Gasteiger partial charge on any atom is 0.416 e. The van der Waals surface area contributed by atoms with Crippen LogP contribution >= 0.6 is 16.1 Å². The highest BCUT2D eigenvalue weighted by Gasteiger charge is 2.29. The molecule has 1 nitrogen and oxygen atoms in total. The van der Waals surface area contributed by atoms with Gasteiger partial charge in [-0.15, -0.1) is 0 Å². The number of halogens is 4. The molecule has 0 aliphatic heterocycles. The van der Waals surface area contributed by atoms with Gasteiger partial charge >= 0.3 is 6.18 Å². The summed E-state index contributed by atoms with van der Waals surface area (Å²) in [7, 11) is 0. The molecule has 0 saturated heterocycles. The Balaban J connectivity index is 2.81. The van der Waals surface area contributed by atoms with E-state index in [2.05, 4.69) is 20.5 Å². The summed E-state index contributed by atoms with van der Waals surface area (Å²) in [5.74, 6) is 0. The molecule has 13 heavy (non-hydrogen) atoms. The fraction of sp³-hybridized carbons (Fsp3) is 0.250. The summed E-state index contributed by atoms with van der Waals surface area (Å²) in [5, 5.41) is 0. The van der Waals surface area contributed by atoms with Crippen LogP contribution in [-0.2, 0) is 12.7 Å². The molecule has 0 aliphatic carbocycles. The normalized spacial score (nSPS) is 11.7. The second-order valence-electron chi connectivity index (χ2n) is 2.51. The van der Waals surface area contributed by atoms with Gasteiger partial charge < -0.3 is 0 Å². The van der Waals surface area contributed by atoms with Crippen molar-refractivity contribution in [1.82, 2.24) is 4.34 Å². The van der Waals surface area contributed by atoms with Crippen LogP contribution in [0.3, 0.4) is 0 Å². The van der Waals surface area contributed by atoms with Crippen molar-refractivity contribution in [3.63, 3.8) is 0 Å². The van der Waals surface area contributed by atoms with Gasteiger partial charge in [0.05, 0.1) is 5.56 Å². The van der Waals surface area contributed by atoms with Gasteiger partial charge in [0.1, 0.15) is 0 Å². The van der Waals surface area contributed by atoms with Crippen LogP contribution in [0.25, 0.3) is 0 Å². The molecule has 0 aliphatic rings. The molecule has 0 heterocycles. The molecule has 0 spiro atoms. The maximum atomic E-state index is 12.1. The van der Waals surface area contributed by atoms with Crippen molar-refractivity contribution in [2.24, 2.45) is 0 Å². The third-order valence-electron chi connectivity index (χ3n) is 1.55.